The Morgan fingerprint density at radius 3 is 2.41 bits per heavy atom. The van der Waals surface area contributed by atoms with E-state index >= 15 is 0 Å². The molecule has 1 unspecified atom stereocenters. The zero-order valence-corrected chi connectivity index (χ0v) is 11.8. The van der Waals surface area contributed by atoms with Crippen LogP contribution in [0.3, 0.4) is 0 Å². The molecule has 0 radical (unpaired) electrons. The molecule has 1 aliphatic heterocycles. The first-order chi connectivity index (χ1) is 8.06. The van der Waals surface area contributed by atoms with Crippen LogP contribution in [-0.4, -0.2) is 47.6 Å². The van der Waals surface area contributed by atoms with Gasteiger partial charge < -0.3 is 0 Å². The Morgan fingerprint density at radius 2 is 1.88 bits per heavy atom. The van der Waals surface area contributed by atoms with Crippen LogP contribution < -0.4 is 0 Å². The molecule has 0 amide bonds. The van der Waals surface area contributed by atoms with Crippen molar-refractivity contribution in [2.24, 2.45) is 0 Å². The topological polar surface area (TPSA) is 30.3 Å². The largest absolute Gasteiger partial charge is 0.297 e. The van der Waals surface area contributed by atoms with Crippen molar-refractivity contribution in [2.45, 2.75) is 65.1 Å². The SMILES string of the molecule is CC(C)N(CC1CCCCN1CC#N)C(C)C. The Balaban J connectivity index is 2.59. The fourth-order valence-electron chi connectivity index (χ4n) is 2.83. The summed E-state index contributed by atoms with van der Waals surface area (Å²) in [6.07, 6.45) is 3.82. The lowest BCUT2D eigenvalue weighted by Crippen LogP contribution is -2.50. The van der Waals surface area contributed by atoms with Crippen LogP contribution in [0, 0.1) is 11.3 Å². The van der Waals surface area contributed by atoms with Crippen LogP contribution in [0.2, 0.25) is 0 Å². The summed E-state index contributed by atoms with van der Waals surface area (Å²) in [6.45, 7) is 11.8. The maximum atomic E-state index is 8.88. The van der Waals surface area contributed by atoms with E-state index in [1.165, 1.54) is 19.3 Å². The summed E-state index contributed by atoms with van der Waals surface area (Å²) in [7, 11) is 0. The molecule has 0 saturated carbocycles. The average Bonchev–Trinajstić information content (AvgIpc) is 2.27. The van der Waals surface area contributed by atoms with Crippen molar-refractivity contribution < 1.29 is 0 Å². The highest BCUT2D eigenvalue weighted by atomic mass is 15.2. The molecule has 98 valence electrons. The summed E-state index contributed by atoms with van der Waals surface area (Å²) in [5.41, 5.74) is 0. The van der Waals surface area contributed by atoms with Gasteiger partial charge in [-0.05, 0) is 47.1 Å². The van der Waals surface area contributed by atoms with Gasteiger partial charge in [-0.2, -0.15) is 5.26 Å². The first-order valence-corrected chi connectivity index (χ1v) is 6.93. The van der Waals surface area contributed by atoms with Crippen LogP contribution in [0.25, 0.3) is 0 Å². The van der Waals surface area contributed by atoms with Crippen LogP contribution in [0.1, 0.15) is 47.0 Å². The minimum absolute atomic E-state index is 0.577. The van der Waals surface area contributed by atoms with Crippen molar-refractivity contribution in [1.82, 2.24) is 9.80 Å². The molecule has 1 rings (SSSR count). The van der Waals surface area contributed by atoms with Crippen LogP contribution in [0.15, 0.2) is 0 Å². The lowest BCUT2D eigenvalue weighted by Gasteiger charge is -2.40. The summed E-state index contributed by atoms with van der Waals surface area (Å²) in [4.78, 5) is 4.90. The first kappa shape index (κ1) is 14.5. The molecule has 0 aromatic carbocycles. The Hall–Kier alpha value is -0.590. The van der Waals surface area contributed by atoms with E-state index in [9.17, 15) is 0 Å². The van der Waals surface area contributed by atoms with E-state index in [-0.39, 0.29) is 0 Å². The molecule has 17 heavy (non-hydrogen) atoms. The second-order valence-electron chi connectivity index (χ2n) is 5.66. The van der Waals surface area contributed by atoms with Gasteiger partial charge in [0, 0.05) is 24.7 Å². The number of piperidine rings is 1. The minimum Gasteiger partial charge on any atom is -0.297 e. The number of likely N-dealkylation sites (tertiary alicyclic amines) is 1. The maximum Gasteiger partial charge on any atom is 0.0868 e. The van der Waals surface area contributed by atoms with Gasteiger partial charge in [0.1, 0.15) is 0 Å². The summed E-state index contributed by atoms with van der Waals surface area (Å²) < 4.78 is 0. The maximum absolute atomic E-state index is 8.88. The summed E-state index contributed by atoms with van der Waals surface area (Å²) in [6, 6.07) is 4.05. The smallest absolute Gasteiger partial charge is 0.0868 e. The van der Waals surface area contributed by atoms with Gasteiger partial charge in [0.15, 0.2) is 0 Å². The van der Waals surface area contributed by atoms with Gasteiger partial charge in [-0.1, -0.05) is 6.42 Å². The number of rotatable bonds is 5. The molecule has 0 bridgehead atoms. The molecule has 1 saturated heterocycles. The lowest BCUT2D eigenvalue weighted by molar-refractivity contribution is 0.0830. The van der Waals surface area contributed by atoms with Crippen molar-refractivity contribution in [3.05, 3.63) is 0 Å². The standard InChI is InChI=1S/C14H27N3/c1-12(2)17(13(3)4)11-14-7-5-6-9-16(14)10-8-15/h12-14H,5-7,9-11H2,1-4H3. The molecule has 1 heterocycles. The molecule has 1 atom stereocenters. The lowest BCUT2D eigenvalue weighted by atomic mass is 10.0. The quantitative estimate of drug-likeness (QED) is 0.688. The second-order valence-corrected chi connectivity index (χ2v) is 5.66. The van der Waals surface area contributed by atoms with Gasteiger partial charge in [-0.3, -0.25) is 9.80 Å². The molecule has 3 heteroatoms. The number of nitrogens with zero attached hydrogens (tertiary/aromatic N) is 3. The fraction of sp³-hybridized carbons (Fsp3) is 0.929. The Labute approximate surface area is 106 Å². The van der Waals surface area contributed by atoms with Crippen molar-refractivity contribution in [2.75, 3.05) is 19.6 Å². The van der Waals surface area contributed by atoms with Crippen molar-refractivity contribution in [3.63, 3.8) is 0 Å². The van der Waals surface area contributed by atoms with E-state index < -0.39 is 0 Å². The van der Waals surface area contributed by atoms with Gasteiger partial charge in [0.05, 0.1) is 12.6 Å². The third-order valence-electron chi connectivity index (χ3n) is 3.77. The van der Waals surface area contributed by atoms with E-state index in [0.717, 1.165) is 13.1 Å². The second kappa shape index (κ2) is 6.98. The van der Waals surface area contributed by atoms with Crippen LogP contribution in [-0.2, 0) is 0 Å². The minimum atomic E-state index is 0.577. The summed E-state index contributed by atoms with van der Waals surface area (Å²) in [5.74, 6) is 0. The fourth-order valence-corrected chi connectivity index (χ4v) is 2.83. The zero-order valence-electron chi connectivity index (χ0n) is 11.8. The van der Waals surface area contributed by atoms with Gasteiger partial charge in [0.25, 0.3) is 0 Å². The molecule has 1 aliphatic rings. The van der Waals surface area contributed by atoms with E-state index in [2.05, 4.69) is 43.6 Å². The Morgan fingerprint density at radius 1 is 1.24 bits per heavy atom. The van der Waals surface area contributed by atoms with Gasteiger partial charge in [0.2, 0.25) is 0 Å². The molecule has 3 nitrogen and oxygen atoms in total. The molecule has 0 aromatic heterocycles. The summed E-state index contributed by atoms with van der Waals surface area (Å²) >= 11 is 0. The molecular formula is C14H27N3. The Bertz CT molecular complexity index is 247. The highest BCUT2D eigenvalue weighted by Gasteiger charge is 2.26. The van der Waals surface area contributed by atoms with Crippen LogP contribution in [0.4, 0.5) is 0 Å². The number of nitriles is 1. The molecule has 0 aromatic rings. The van der Waals surface area contributed by atoms with Gasteiger partial charge in [-0.25, -0.2) is 0 Å². The zero-order chi connectivity index (χ0) is 12.8. The van der Waals surface area contributed by atoms with Crippen molar-refractivity contribution >= 4 is 0 Å². The number of hydrogen-bond donors (Lipinski definition) is 0. The van der Waals surface area contributed by atoms with Crippen molar-refractivity contribution in [1.29, 1.82) is 5.26 Å². The highest BCUT2D eigenvalue weighted by molar-refractivity contribution is 4.87. The average molecular weight is 237 g/mol. The monoisotopic (exact) mass is 237 g/mol. The van der Waals surface area contributed by atoms with Gasteiger partial charge >= 0.3 is 0 Å². The predicted molar refractivity (Wildman–Crippen MR) is 71.8 cm³/mol. The molecule has 0 spiro atoms. The van der Waals surface area contributed by atoms with Crippen molar-refractivity contribution in [3.8, 4) is 6.07 Å². The third-order valence-corrected chi connectivity index (χ3v) is 3.77. The van der Waals surface area contributed by atoms with Crippen LogP contribution >= 0.6 is 0 Å². The normalized spacial score (nSPS) is 22.4. The molecule has 0 N–H and O–H groups in total. The highest BCUT2D eigenvalue weighted by Crippen LogP contribution is 2.19. The first-order valence-electron chi connectivity index (χ1n) is 6.93. The Kier molecular flexibility index (Phi) is 5.94. The van der Waals surface area contributed by atoms with Crippen LogP contribution in [0.5, 0.6) is 0 Å². The molecule has 1 fully saturated rings. The van der Waals surface area contributed by atoms with E-state index in [4.69, 9.17) is 5.26 Å². The number of hydrogen-bond acceptors (Lipinski definition) is 3. The van der Waals surface area contributed by atoms with Gasteiger partial charge in [-0.15, -0.1) is 0 Å². The molecular weight excluding hydrogens is 210 g/mol. The van der Waals surface area contributed by atoms with E-state index in [0.29, 0.717) is 24.7 Å². The summed E-state index contributed by atoms with van der Waals surface area (Å²) in [5, 5.41) is 8.88. The van der Waals surface area contributed by atoms with E-state index in [1.807, 2.05) is 0 Å². The van der Waals surface area contributed by atoms with E-state index in [1.54, 1.807) is 0 Å². The third kappa shape index (κ3) is 4.29. The predicted octanol–water partition coefficient (Wildman–Crippen LogP) is 2.48. The molecule has 0 aliphatic carbocycles.